The number of halogens is 2. The van der Waals surface area contributed by atoms with Crippen molar-refractivity contribution in [3.8, 4) is 0 Å². The summed E-state index contributed by atoms with van der Waals surface area (Å²) in [6, 6.07) is 1.93. The van der Waals surface area contributed by atoms with Crippen molar-refractivity contribution in [2.45, 2.75) is 19.3 Å². The molecule has 1 aromatic rings. The third-order valence-electron chi connectivity index (χ3n) is 2.34. The van der Waals surface area contributed by atoms with Gasteiger partial charge in [0.15, 0.2) is 4.67 Å². The molecule has 2 nitrogen and oxygen atoms in total. The highest BCUT2D eigenvalue weighted by atomic mass is 79.9. The lowest BCUT2D eigenvalue weighted by Crippen LogP contribution is -1.93. The molecule has 4 heteroatoms. The van der Waals surface area contributed by atoms with E-state index in [0.717, 1.165) is 16.7 Å². The zero-order chi connectivity index (χ0) is 9.59. The van der Waals surface area contributed by atoms with Crippen molar-refractivity contribution in [1.29, 1.82) is 0 Å². The predicted octanol–water partition coefficient (Wildman–Crippen LogP) is 3.50. The highest BCUT2D eigenvalue weighted by Crippen LogP contribution is 2.49. The van der Waals surface area contributed by atoms with E-state index in [9.17, 15) is 4.79 Å². The normalized spacial score (nSPS) is 26.1. The second kappa shape index (κ2) is 3.24. The lowest BCUT2D eigenvalue weighted by molar-refractivity contribution is -0.118. The summed E-state index contributed by atoms with van der Waals surface area (Å²) in [5.41, 5.74) is 0. The Kier molecular flexibility index (Phi) is 2.36. The molecule has 1 heterocycles. The van der Waals surface area contributed by atoms with Crippen LogP contribution in [0.25, 0.3) is 0 Å². The molecule has 0 spiro atoms. The van der Waals surface area contributed by atoms with Gasteiger partial charge in [0.05, 0.1) is 4.47 Å². The number of carbonyl (C=O) groups is 1. The van der Waals surface area contributed by atoms with Gasteiger partial charge in [-0.2, -0.15) is 0 Å². The average Bonchev–Trinajstić information content (AvgIpc) is 2.76. The Bertz CT molecular complexity index is 337. The molecule has 1 aliphatic carbocycles. The fraction of sp³-hybridized carbons (Fsp3) is 0.444. The molecular formula is C9H8Br2O2. The van der Waals surface area contributed by atoms with Gasteiger partial charge in [-0.3, -0.25) is 4.79 Å². The molecule has 1 saturated carbocycles. The SMILES string of the molecule is CC(=O)C1CC1c1cc(Br)c(Br)o1. The van der Waals surface area contributed by atoms with Crippen LogP contribution in [0.1, 0.15) is 25.0 Å². The first-order valence-electron chi connectivity index (χ1n) is 4.04. The van der Waals surface area contributed by atoms with Crippen LogP contribution in [0.4, 0.5) is 0 Å². The Morgan fingerprint density at radius 3 is 2.69 bits per heavy atom. The van der Waals surface area contributed by atoms with Crippen molar-refractivity contribution in [2.24, 2.45) is 5.92 Å². The molecule has 1 fully saturated rings. The molecule has 13 heavy (non-hydrogen) atoms. The summed E-state index contributed by atoms with van der Waals surface area (Å²) in [5, 5.41) is 0. The van der Waals surface area contributed by atoms with Crippen LogP contribution in [0.5, 0.6) is 0 Å². The number of Topliss-reactive ketones (excluding diaryl/α,β-unsaturated/α-hetero) is 1. The van der Waals surface area contributed by atoms with Crippen LogP contribution in [0, 0.1) is 5.92 Å². The van der Waals surface area contributed by atoms with Gasteiger partial charge < -0.3 is 4.42 Å². The lowest BCUT2D eigenvalue weighted by Gasteiger charge is -1.90. The number of hydrogen-bond acceptors (Lipinski definition) is 2. The van der Waals surface area contributed by atoms with E-state index in [4.69, 9.17) is 4.42 Å². The second-order valence-corrected chi connectivity index (χ2v) is 4.90. The van der Waals surface area contributed by atoms with E-state index in [1.165, 1.54) is 0 Å². The van der Waals surface area contributed by atoms with Gasteiger partial charge in [0.1, 0.15) is 11.5 Å². The minimum absolute atomic E-state index is 0.185. The third-order valence-corrected chi connectivity index (χ3v) is 4.05. The molecular weight excluding hydrogens is 300 g/mol. The van der Waals surface area contributed by atoms with Crippen LogP contribution >= 0.6 is 31.9 Å². The van der Waals surface area contributed by atoms with E-state index < -0.39 is 0 Å². The maximum atomic E-state index is 11.0. The summed E-state index contributed by atoms with van der Waals surface area (Å²) in [6.45, 7) is 1.64. The molecule has 0 aliphatic heterocycles. The van der Waals surface area contributed by atoms with Crippen molar-refractivity contribution < 1.29 is 9.21 Å². The van der Waals surface area contributed by atoms with Crippen LogP contribution in [0.15, 0.2) is 19.6 Å². The van der Waals surface area contributed by atoms with E-state index in [1.807, 2.05) is 6.07 Å². The average molecular weight is 308 g/mol. The van der Waals surface area contributed by atoms with Gasteiger partial charge in [-0.25, -0.2) is 0 Å². The highest BCUT2D eigenvalue weighted by molar-refractivity contribution is 9.13. The van der Waals surface area contributed by atoms with Crippen molar-refractivity contribution >= 4 is 37.6 Å². The van der Waals surface area contributed by atoms with Crippen LogP contribution in [0.2, 0.25) is 0 Å². The smallest absolute Gasteiger partial charge is 0.183 e. The molecule has 1 aliphatic rings. The van der Waals surface area contributed by atoms with E-state index in [-0.39, 0.29) is 11.7 Å². The van der Waals surface area contributed by atoms with Gasteiger partial charge >= 0.3 is 0 Å². The van der Waals surface area contributed by atoms with Crippen LogP contribution in [-0.2, 0) is 4.79 Å². The molecule has 0 radical (unpaired) electrons. The first-order chi connectivity index (χ1) is 6.09. The second-order valence-electron chi connectivity index (χ2n) is 3.33. The summed E-state index contributed by atoms with van der Waals surface area (Å²) < 4.78 is 7.06. The highest BCUT2D eigenvalue weighted by Gasteiger charge is 2.44. The van der Waals surface area contributed by atoms with Crippen LogP contribution < -0.4 is 0 Å². The number of carbonyl (C=O) groups excluding carboxylic acids is 1. The van der Waals surface area contributed by atoms with Crippen LogP contribution in [0.3, 0.4) is 0 Å². The molecule has 2 atom stereocenters. The minimum atomic E-state index is 0.185. The quantitative estimate of drug-likeness (QED) is 0.837. The Morgan fingerprint density at radius 1 is 1.62 bits per heavy atom. The van der Waals surface area contributed by atoms with Gasteiger partial charge in [-0.1, -0.05) is 0 Å². The summed E-state index contributed by atoms with van der Waals surface area (Å²) in [6.07, 6.45) is 0.932. The van der Waals surface area contributed by atoms with Gasteiger partial charge in [-0.05, 0) is 51.3 Å². The molecule has 2 unspecified atom stereocenters. The predicted molar refractivity (Wildman–Crippen MR) is 55.6 cm³/mol. The summed E-state index contributed by atoms with van der Waals surface area (Å²) >= 11 is 6.61. The van der Waals surface area contributed by atoms with Gasteiger partial charge in [0, 0.05) is 11.8 Å². The van der Waals surface area contributed by atoms with Gasteiger partial charge in [-0.15, -0.1) is 0 Å². The first-order valence-corrected chi connectivity index (χ1v) is 5.63. The molecule has 0 bridgehead atoms. The monoisotopic (exact) mass is 306 g/mol. The number of hydrogen-bond donors (Lipinski definition) is 0. The molecule has 2 rings (SSSR count). The maximum Gasteiger partial charge on any atom is 0.183 e. The van der Waals surface area contributed by atoms with E-state index in [1.54, 1.807) is 6.92 Å². The molecule has 0 saturated heterocycles. The minimum Gasteiger partial charge on any atom is -0.453 e. The lowest BCUT2D eigenvalue weighted by atomic mass is 10.2. The van der Waals surface area contributed by atoms with Crippen molar-refractivity contribution in [1.82, 2.24) is 0 Å². The number of furan rings is 1. The Hall–Kier alpha value is -0.0900. The van der Waals surface area contributed by atoms with Crippen molar-refractivity contribution in [3.63, 3.8) is 0 Å². The van der Waals surface area contributed by atoms with Gasteiger partial charge in [0.2, 0.25) is 0 Å². The fourth-order valence-corrected chi connectivity index (χ4v) is 2.11. The number of ketones is 1. The molecule has 0 N–H and O–H groups in total. The maximum absolute atomic E-state index is 11.0. The van der Waals surface area contributed by atoms with Crippen molar-refractivity contribution in [2.75, 3.05) is 0 Å². The molecule has 1 aromatic heterocycles. The zero-order valence-corrected chi connectivity index (χ0v) is 10.2. The molecule has 0 aromatic carbocycles. The zero-order valence-electron chi connectivity index (χ0n) is 7.01. The topological polar surface area (TPSA) is 30.2 Å². The first kappa shape index (κ1) is 9.46. The number of rotatable bonds is 2. The Labute approximate surface area is 92.9 Å². The summed E-state index contributed by atoms with van der Waals surface area (Å²) in [7, 11) is 0. The standard InChI is InChI=1S/C9H8Br2O2/c1-4(12)5-2-6(5)8-3-7(10)9(11)13-8/h3,5-6H,2H2,1H3. The van der Waals surface area contributed by atoms with Gasteiger partial charge in [0.25, 0.3) is 0 Å². The summed E-state index contributed by atoms with van der Waals surface area (Å²) in [4.78, 5) is 11.0. The van der Waals surface area contributed by atoms with Crippen LogP contribution in [-0.4, -0.2) is 5.78 Å². The van der Waals surface area contributed by atoms with E-state index in [0.29, 0.717) is 10.6 Å². The molecule has 70 valence electrons. The van der Waals surface area contributed by atoms with Crippen molar-refractivity contribution in [3.05, 3.63) is 21.0 Å². The van der Waals surface area contributed by atoms with E-state index in [2.05, 4.69) is 31.9 Å². The third kappa shape index (κ3) is 1.74. The fourth-order valence-electron chi connectivity index (χ4n) is 1.50. The molecule has 0 amide bonds. The Morgan fingerprint density at radius 2 is 2.31 bits per heavy atom. The Balaban J connectivity index is 2.16. The largest absolute Gasteiger partial charge is 0.453 e. The summed E-state index contributed by atoms with van der Waals surface area (Å²) in [5.74, 6) is 1.65. The van der Waals surface area contributed by atoms with E-state index >= 15 is 0 Å².